The quantitative estimate of drug-likeness (QED) is 0.795. The number of hydrogen-bond acceptors (Lipinski definition) is 5. The van der Waals surface area contributed by atoms with Crippen molar-refractivity contribution in [3.8, 4) is 0 Å². The second-order valence-electron chi connectivity index (χ2n) is 7.26. The van der Waals surface area contributed by atoms with Gasteiger partial charge in [-0.15, -0.1) is 0 Å². The Kier molecular flexibility index (Phi) is 2.87. The second-order valence-corrected chi connectivity index (χ2v) is 7.26. The molecule has 4 fully saturated rings. The van der Waals surface area contributed by atoms with Crippen molar-refractivity contribution in [3.63, 3.8) is 0 Å². The van der Waals surface area contributed by atoms with Crippen molar-refractivity contribution in [1.82, 2.24) is 0 Å². The summed E-state index contributed by atoms with van der Waals surface area (Å²) in [5.41, 5.74) is 5.88. The minimum Gasteiger partial charge on any atom is -0.460 e. The van der Waals surface area contributed by atoms with E-state index in [2.05, 4.69) is 6.92 Å². The van der Waals surface area contributed by atoms with Crippen molar-refractivity contribution in [2.45, 2.75) is 63.2 Å². The largest absolute Gasteiger partial charge is 0.460 e. The first kappa shape index (κ1) is 13.6. The molecule has 5 nitrogen and oxygen atoms in total. The van der Waals surface area contributed by atoms with Crippen molar-refractivity contribution in [2.24, 2.45) is 29.4 Å². The molecule has 1 saturated heterocycles. The van der Waals surface area contributed by atoms with Gasteiger partial charge in [-0.3, -0.25) is 9.59 Å². The maximum absolute atomic E-state index is 12.7. The van der Waals surface area contributed by atoms with E-state index in [1.54, 1.807) is 0 Å². The van der Waals surface area contributed by atoms with Crippen molar-refractivity contribution in [1.29, 1.82) is 0 Å². The van der Waals surface area contributed by atoms with Gasteiger partial charge in [0, 0.05) is 12.0 Å². The molecule has 6 atom stereocenters. The molecule has 0 amide bonds. The number of rotatable bonds is 3. The molecular formula is C16H23NO4. The first-order chi connectivity index (χ1) is 10.1. The highest BCUT2D eigenvalue weighted by Gasteiger charge is 2.68. The molecular weight excluding hydrogens is 270 g/mol. The molecule has 3 aliphatic carbocycles. The molecule has 116 valence electrons. The topological polar surface area (TPSA) is 78.6 Å². The Hall–Kier alpha value is -1.10. The predicted molar refractivity (Wildman–Crippen MR) is 74.0 cm³/mol. The lowest BCUT2D eigenvalue weighted by molar-refractivity contribution is -0.170. The zero-order chi connectivity index (χ0) is 14.8. The van der Waals surface area contributed by atoms with Gasteiger partial charge in [0.15, 0.2) is 0 Å². The predicted octanol–water partition coefficient (Wildman–Crippen LogP) is 1.39. The van der Waals surface area contributed by atoms with Crippen LogP contribution in [0.5, 0.6) is 0 Å². The highest BCUT2D eigenvalue weighted by molar-refractivity contribution is 5.86. The molecule has 3 saturated carbocycles. The smallest absolute Gasteiger partial charge is 0.310 e. The number of nitrogens with two attached hydrogens (primary N) is 1. The number of carbonyl (C=O) groups is 2. The first-order valence-electron chi connectivity index (χ1n) is 8.25. The monoisotopic (exact) mass is 293 g/mol. The maximum atomic E-state index is 12.7. The third kappa shape index (κ3) is 1.73. The van der Waals surface area contributed by atoms with E-state index in [1.165, 1.54) is 0 Å². The van der Waals surface area contributed by atoms with Crippen LogP contribution in [0, 0.1) is 23.7 Å². The number of carbonyl (C=O) groups excluding carboxylic acids is 2. The van der Waals surface area contributed by atoms with Gasteiger partial charge in [-0.2, -0.15) is 0 Å². The summed E-state index contributed by atoms with van der Waals surface area (Å²) in [6, 6.07) is -0.198. The van der Waals surface area contributed by atoms with E-state index < -0.39 is 0 Å². The van der Waals surface area contributed by atoms with Crippen LogP contribution in [-0.4, -0.2) is 29.7 Å². The Morgan fingerprint density at radius 3 is 2.76 bits per heavy atom. The van der Waals surface area contributed by atoms with Crippen LogP contribution in [0.3, 0.4) is 0 Å². The maximum Gasteiger partial charge on any atom is 0.310 e. The minimum atomic E-state index is -0.375. The molecule has 6 unspecified atom stereocenters. The van der Waals surface area contributed by atoms with Crippen LogP contribution in [0.4, 0.5) is 0 Å². The van der Waals surface area contributed by atoms with E-state index in [4.69, 9.17) is 15.2 Å². The molecule has 5 heteroatoms. The van der Waals surface area contributed by atoms with Crippen LogP contribution in [0.2, 0.25) is 0 Å². The van der Waals surface area contributed by atoms with Crippen LogP contribution in [0.25, 0.3) is 0 Å². The van der Waals surface area contributed by atoms with Crippen LogP contribution in [-0.2, 0) is 19.1 Å². The fourth-order valence-corrected chi connectivity index (χ4v) is 5.25. The van der Waals surface area contributed by atoms with Crippen molar-refractivity contribution >= 4 is 11.9 Å². The average Bonchev–Trinajstić information content (AvgIpc) is 3.17. The number of hydrogen-bond donors (Lipinski definition) is 1. The third-order valence-electron chi connectivity index (χ3n) is 6.42. The molecule has 0 aromatic carbocycles. The molecule has 1 heterocycles. The highest BCUT2D eigenvalue weighted by Crippen LogP contribution is 2.57. The van der Waals surface area contributed by atoms with E-state index in [0.717, 1.165) is 38.5 Å². The van der Waals surface area contributed by atoms with E-state index in [-0.39, 0.29) is 53.4 Å². The zero-order valence-corrected chi connectivity index (χ0v) is 12.4. The van der Waals surface area contributed by atoms with Crippen molar-refractivity contribution < 1.29 is 19.1 Å². The van der Waals surface area contributed by atoms with Crippen molar-refractivity contribution in [2.75, 3.05) is 0 Å². The van der Waals surface area contributed by atoms with Crippen LogP contribution < -0.4 is 5.73 Å². The fourth-order valence-electron chi connectivity index (χ4n) is 5.25. The second kappa shape index (κ2) is 4.45. The molecule has 0 spiro atoms. The van der Waals surface area contributed by atoms with E-state index in [0.29, 0.717) is 0 Å². The lowest BCUT2D eigenvalue weighted by Gasteiger charge is -2.33. The van der Waals surface area contributed by atoms with Crippen LogP contribution in [0.1, 0.15) is 45.4 Å². The molecule has 21 heavy (non-hydrogen) atoms. The van der Waals surface area contributed by atoms with E-state index in [9.17, 15) is 9.59 Å². The number of ether oxygens (including phenoxy) is 2. The van der Waals surface area contributed by atoms with Crippen LogP contribution >= 0.6 is 0 Å². The first-order valence-corrected chi connectivity index (χ1v) is 8.25. The Morgan fingerprint density at radius 1 is 1.38 bits per heavy atom. The zero-order valence-electron chi connectivity index (χ0n) is 12.4. The van der Waals surface area contributed by atoms with Gasteiger partial charge < -0.3 is 15.2 Å². The SMILES string of the molecule is CCC1(OC(=O)C2C3CC4C(OC(=O)C42)C3N)CCCC1. The van der Waals surface area contributed by atoms with E-state index >= 15 is 0 Å². The minimum absolute atomic E-state index is 0.0549. The summed E-state index contributed by atoms with van der Waals surface area (Å²) >= 11 is 0. The van der Waals surface area contributed by atoms with Gasteiger partial charge in [-0.25, -0.2) is 0 Å². The summed E-state index contributed by atoms with van der Waals surface area (Å²) in [6.07, 6.45) is 5.64. The van der Waals surface area contributed by atoms with E-state index in [1.807, 2.05) is 0 Å². The van der Waals surface area contributed by atoms with Gasteiger partial charge in [0.1, 0.15) is 11.7 Å². The summed E-state index contributed by atoms with van der Waals surface area (Å²) in [4.78, 5) is 24.8. The summed E-state index contributed by atoms with van der Waals surface area (Å²) in [5.74, 6) is -0.929. The van der Waals surface area contributed by atoms with Gasteiger partial charge in [0.25, 0.3) is 0 Å². The normalized spacial score (nSPS) is 45.9. The molecule has 2 bridgehead atoms. The third-order valence-corrected chi connectivity index (χ3v) is 6.42. The summed E-state index contributed by atoms with van der Waals surface area (Å²) in [6.45, 7) is 2.07. The summed E-state index contributed by atoms with van der Waals surface area (Å²) < 4.78 is 11.3. The highest BCUT2D eigenvalue weighted by atomic mass is 16.6. The van der Waals surface area contributed by atoms with Gasteiger partial charge in [-0.1, -0.05) is 6.92 Å². The lowest BCUT2D eigenvalue weighted by atomic mass is 9.77. The Morgan fingerprint density at radius 2 is 2.10 bits per heavy atom. The standard InChI is InChI=1S/C16H23NO4/c1-2-16(5-3-4-6-16)21-15(19)10-8-7-9-11(10)14(18)20-13(9)12(8)17/h8-13H,2-7,17H2,1H3. The van der Waals surface area contributed by atoms with Crippen molar-refractivity contribution in [3.05, 3.63) is 0 Å². The fraction of sp³-hybridized carbons (Fsp3) is 0.875. The van der Waals surface area contributed by atoms with Crippen LogP contribution in [0.15, 0.2) is 0 Å². The lowest BCUT2D eigenvalue weighted by Crippen LogP contribution is -2.47. The van der Waals surface area contributed by atoms with Gasteiger partial charge in [0.2, 0.25) is 0 Å². The molecule has 0 aromatic heterocycles. The molecule has 1 aliphatic heterocycles. The Bertz CT molecular complexity index is 485. The number of esters is 2. The Labute approximate surface area is 124 Å². The van der Waals surface area contributed by atoms with Gasteiger partial charge in [-0.05, 0) is 44.4 Å². The average molecular weight is 293 g/mol. The molecule has 0 aromatic rings. The molecule has 4 aliphatic rings. The molecule has 2 N–H and O–H groups in total. The molecule has 4 rings (SSSR count). The number of fused-ring (bicyclic) bond motifs is 1. The van der Waals surface area contributed by atoms with Gasteiger partial charge >= 0.3 is 11.9 Å². The molecule has 0 radical (unpaired) electrons. The summed E-state index contributed by atoms with van der Waals surface area (Å²) in [7, 11) is 0. The summed E-state index contributed by atoms with van der Waals surface area (Å²) in [5, 5.41) is 0. The Balaban J connectivity index is 1.56. The van der Waals surface area contributed by atoms with Gasteiger partial charge in [0.05, 0.1) is 11.8 Å².